The first-order valence-corrected chi connectivity index (χ1v) is 15.5. The van der Waals surface area contributed by atoms with Gasteiger partial charge in [-0.3, -0.25) is 9.59 Å². The van der Waals surface area contributed by atoms with E-state index in [0.717, 1.165) is 69.3 Å². The SMILES string of the molecule is CCCC[C@]1(c2nc(C)no2)CC[C@]2(C)C(C(=O)C=C3[C@@]4(C)C=C(C#N)C(=O)C(C)(C)[C@@H]4CC[C@]32C)C1CCC. The second kappa shape index (κ2) is 9.50. The zero-order valence-electron chi connectivity index (χ0n) is 25.8. The number of unbranched alkanes of at least 4 members (excludes halogenated alkanes) is 1. The number of hydrogen-bond donors (Lipinski definition) is 0. The summed E-state index contributed by atoms with van der Waals surface area (Å²) >= 11 is 0. The van der Waals surface area contributed by atoms with Crippen LogP contribution in [0.1, 0.15) is 118 Å². The van der Waals surface area contributed by atoms with Crippen LogP contribution in [0.15, 0.2) is 27.8 Å². The number of nitrogens with zero attached hydrogens (tertiary/aromatic N) is 3. The summed E-state index contributed by atoms with van der Waals surface area (Å²) in [6, 6.07) is 2.20. The molecule has 0 radical (unpaired) electrons. The zero-order valence-corrected chi connectivity index (χ0v) is 25.8. The summed E-state index contributed by atoms with van der Waals surface area (Å²) in [5, 5.41) is 14.1. The fraction of sp³-hybridized carbons (Fsp3) is 0.735. The van der Waals surface area contributed by atoms with Gasteiger partial charge in [-0.15, -0.1) is 0 Å². The summed E-state index contributed by atoms with van der Waals surface area (Å²) in [6.07, 6.45) is 12.6. The third kappa shape index (κ3) is 3.64. The lowest BCUT2D eigenvalue weighted by atomic mass is 9.35. The summed E-state index contributed by atoms with van der Waals surface area (Å²) in [6.45, 7) is 17.2. The molecule has 6 heteroatoms. The predicted octanol–water partition coefficient (Wildman–Crippen LogP) is 7.63. The molecule has 1 aromatic rings. The Morgan fingerprint density at radius 1 is 1.07 bits per heavy atom. The zero-order chi connectivity index (χ0) is 29.3. The van der Waals surface area contributed by atoms with Crippen LogP contribution in [0, 0.1) is 57.7 Å². The molecule has 0 aromatic carbocycles. The molecule has 2 unspecified atom stereocenters. The Bertz CT molecular complexity index is 1330. The Kier molecular flexibility index (Phi) is 6.88. The molecule has 40 heavy (non-hydrogen) atoms. The van der Waals surface area contributed by atoms with Crippen molar-refractivity contribution in [3.8, 4) is 6.07 Å². The van der Waals surface area contributed by atoms with Crippen molar-refractivity contribution in [2.75, 3.05) is 0 Å². The van der Waals surface area contributed by atoms with Crippen molar-refractivity contribution in [3.63, 3.8) is 0 Å². The number of rotatable bonds is 6. The topological polar surface area (TPSA) is 96.8 Å². The Morgan fingerprint density at radius 2 is 1.80 bits per heavy atom. The molecule has 0 aliphatic heterocycles. The van der Waals surface area contributed by atoms with Crippen LogP contribution >= 0.6 is 0 Å². The van der Waals surface area contributed by atoms with E-state index in [9.17, 15) is 14.9 Å². The molecular weight excluding hydrogens is 498 g/mol. The van der Waals surface area contributed by atoms with Gasteiger partial charge >= 0.3 is 0 Å². The van der Waals surface area contributed by atoms with Crippen LogP contribution < -0.4 is 0 Å². The van der Waals surface area contributed by atoms with E-state index in [2.05, 4.69) is 45.8 Å². The fourth-order valence-electron chi connectivity index (χ4n) is 10.2. The van der Waals surface area contributed by atoms with E-state index < -0.39 is 10.8 Å². The number of nitriles is 1. The van der Waals surface area contributed by atoms with E-state index in [4.69, 9.17) is 9.51 Å². The summed E-state index contributed by atoms with van der Waals surface area (Å²) in [5.74, 6) is 1.53. The number of aromatic nitrogens is 2. The number of hydrogen-bond acceptors (Lipinski definition) is 6. The molecule has 0 spiro atoms. The number of carbonyl (C=O) groups excluding carboxylic acids is 2. The van der Waals surface area contributed by atoms with Gasteiger partial charge in [0, 0.05) is 16.7 Å². The molecule has 0 amide bonds. The second-order valence-electron chi connectivity index (χ2n) is 14.6. The molecule has 7 atom stereocenters. The lowest BCUT2D eigenvalue weighted by molar-refractivity contribution is -0.154. The minimum Gasteiger partial charge on any atom is -0.339 e. The van der Waals surface area contributed by atoms with Crippen molar-refractivity contribution in [3.05, 3.63) is 35.0 Å². The fourth-order valence-corrected chi connectivity index (χ4v) is 10.2. The first-order chi connectivity index (χ1) is 18.8. The van der Waals surface area contributed by atoms with Crippen LogP contribution in [0.2, 0.25) is 0 Å². The van der Waals surface area contributed by atoms with Crippen molar-refractivity contribution in [2.24, 2.45) is 39.4 Å². The first-order valence-electron chi connectivity index (χ1n) is 15.5. The highest BCUT2D eigenvalue weighted by Crippen LogP contribution is 2.73. The van der Waals surface area contributed by atoms with Crippen molar-refractivity contribution in [1.29, 1.82) is 5.26 Å². The van der Waals surface area contributed by atoms with Gasteiger partial charge in [0.2, 0.25) is 5.89 Å². The molecular formula is C34H47N3O3. The highest BCUT2D eigenvalue weighted by molar-refractivity contribution is 6.04. The molecule has 0 bridgehead atoms. The largest absolute Gasteiger partial charge is 0.339 e. The Balaban J connectivity index is 1.70. The smallest absolute Gasteiger partial charge is 0.233 e. The molecule has 4 aliphatic carbocycles. The molecule has 2 fully saturated rings. The average molecular weight is 546 g/mol. The molecule has 0 N–H and O–H groups in total. The van der Waals surface area contributed by atoms with Crippen molar-refractivity contribution >= 4 is 11.6 Å². The summed E-state index contributed by atoms with van der Waals surface area (Å²) in [4.78, 5) is 32.7. The van der Waals surface area contributed by atoms with E-state index in [1.165, 1.54) is 0 Å². The molecule has 1 heterocycles. The van der Waals surface area contributed by atoms with Crippen molar-refractivity contribution in [2.45, 2.75) is 119 Å². The number of allylic oxidation sites excluding steroid dienone is 4. The highest BCUT2D eigenvalue weighted by atomic mass is 16.5. The van der Waals surface area contributed by atoms with Gasteiger partial charge in [-0.2, -0.15) is 10.2 Å². The molecule has 4 aliphatic rings. The molecule has 6 nitrogen and oxygen atoms in total. The number of Topliss-reactive ketones (excluding diaryl/α,β-unsaturated/α-hetero) is 1. The first kappa shape index (κ1) is 29.0. The molecule has 1 aromatic heterocycles. The lowest BCUT2D eigenvalue weighted by Gasteiger charge is -2.67. The van der Waals surface area contributed by atoms with Gasteiger partial charge in [-0.05, 0) is 74.2 Å². The number of aryl methyl sites for hydroxylation is 1. The highest BCUT2D eigenvalue weighted by Gasteiger charge is 2.69. The summed E-state index contributed by atoms with van der Waals surface area (Å²) < 4.78 is 5.95. The number of ketones is 2. The monoisotopic (exact) mass is 545 g/mol. The maximum Gasteiger partial charge on any atom is 0.233 e. The molecule has 2 saturated carbocycles. The maximum absolute atomic E-state index is 14.6. The number of carbonyl (C=O) groups is 2. The van der Waals surface area contributed by atoms with Crippen LogP contribution in [0.4, 0.5) is 0 Å². The molecule has 0 saturated heterocycles. The van der Waals surface area contributed by atoms with Gasteiger partial charge in [0.05, 0.1) is 11.0 Å². The quantitative estimate of drug-likeness (QED) is 0.364. The second-order valence-corrected chi connectivity index (χ2v) is 14.6. The minimum atomic E-state index is -0.653. The predicted molar refractivity (Wildman–Crippen MR) is 154 cm³/mol. The van der Waals surface area contributed by atoms with Crippen molar-refractivity contribution in [1.82, 2.24) is 10.1 Å². The minimum absolute atomic E-state index is 0.0527. The lowest BCUT2D eigenvalue weighted by Crippen LogP contribution is -2.64. The van der Waals surface area contributed by atoms with Crippen LogP contribution in [0.25, 0.3) is 0 Å². The van der Waals surface area contributed by atoms with Gasteiger partial charge in [-0.1, -0.05) is 84.5 Å². The van der Waals surface area contributed by atoms with E-state index in [0.29, 0.717) is 5.82 Å². The average Bonchev–Trinajstić information content (AvgIpc) is 3.34. The van der Waals surface area contributed by atoms with E-state index >= 15 is 0 Å². The van der Waals surface area contributed by atoms with Crippen LogP contribution in [0.5, 0.6) is 0 Å². The van der Waals surface area contributed by atoms with Gasteiger partial charge < -0.3 is 4.52 Å². The Morgan fingerprint density at radius 3 is 2.40 bits per heavy atom. The van der Waals surface area contributed by atoms with Gasteiger partial charge in [0.15, 0.2) is 17.4 Å². The van der Waals surface area contributed by atoms with Crippen LogP contribution in [-0.2, 0) is 15.0 Å². The number of fused-ring (bicyclic) bond motifs is 5. The summed E-state index contributed by atoms with van der Waals surface area (Å²) in [5.41, 5.74) is -0.565. The van der Waals surface area contributed by atoms with Gasteiger partial charge in [-0.25, -0.2) is 0 Å². The standard InChI is InChI=1S/C34H47N3O3/c1-9-11-14-34(29-36-21(3)37-40-29)17-16-33(8)27(23(34)12-10-2)24(38)18-26-31(6)19-22(20-35)28(39)30(4,5)25(31)13-15-32(26,33)7/h18-19,23,25,27H,9-17H2,1-8H3/t23?,25-,27?,31-,32+,33+,34-/m0/s1. The van der Waals surface area contributed by atoms with E-state index in [1.54, 1.807) is 0 Å². The van der Waals surface area contributed by atoms with Gasteiger partial charge in [0.25, 0.3) is 0 Å². The van der Waals surface area contributed by atoms with Gasteiger partial charge in [0.1, 0.15) is 6.07 Å². The molecule has 5 rings (SSSR count). The third-order valence-corrected chi connectivity index (χ3v) is 12.4. The van der Waals surface area contributed by atoms with E-state index in [1.807, 2.05) is 32.9 Å². The third-order valence-electron chi connectivity index (χ3n) is 12.4. The maximum atomic E-state index is 14.6. The van der Waals surface area contributed by atoms with E-state index in [-0.39, 0.29) is 51.1 Å². The van der Waals surface area contributed by atoms with Crippen LogP contribution in [-0.4, -0.2) is 21.7 Å². The van der Waals surface area contributed by atoms with Crippen molar-refractivity contribution < 1.29 is 14.1 Å². The van der Waals surface area contributed by atoms with Crippen LogP contribution in [0.3, 0.4) is 0 Å². The summed E-state index contributed by atoms with van der Waals surface area (Å²) in [7, 11) is 0. The normalized spacial score (nSPS) is 40.3. The molecule has 216 valence electrons. The Labute approximate surface area is 240 Å². The Hall–Kier alpha value is -2.55.